The number of hydrogen-bond donors (Lipinski definition) is 2. The first kappa shape index (κ1) is 9.38. The van der Waals surface area contributed by atoms with Gasteiger partial charge in [0.25, 0.3) is 0 Å². The van der Waals surface area contributed by atoms with Gasteiger partial charge in [0, 0.05) is 17.5 Å². The molecule has 70 valence electrons. The molecule has 13 heavy (non-hydrogen) atoms. The Kier molecular flexibility index (Phi) is 2.41. The highest BCUT2D eigenvalue weighted by atomic mass is 16.4. The average Bonchev–Trinajstić information content (AvgIpc) is 2.08. The van der Waals surface area contributed by atoms with E-state index in [1.54, 1.807) is 0 Å². The standard InChI is InChI=1S/C9H10O4/c1-5(9(12)13)6-3-2-4-7(10)8(6)11/h2-5,10-11H,1H3,(H,12,13)/p-1. The molecule has 4 heteroatoms. The maximum absolute atomic E-state index is 10.5. The van der Waals surface area contributed by atoms with Crippen molar-refractivity contribution in [2.45, 2.75) is 12.8 Å². The molecule has 4 nitrogen and oxygen atoms in total. The van der Waals surface area contributed by atoms with E-state index in [-0.39, 0.29) is 11.3 Å². The van der Waals surface area contributed by atoms with Crippen LogP contribution in [-0.4, -0.2) is 16.2 Å². The van der Waals surface area contributed by atoms with Gasteiger partial charge in [-0.1, -0.05) is 19.1 Å². The van der Waals surface area contributed by atoms with Crippen molar-refractivity contribution in [3.63, 3.8) is 0 Å². The molecule has 0 radical (unpaired) electrons. The highest BCUT2D eigenvalue weighted by Gasteiger charge is 2.13. The number of carboxylic acids is 1. The van der Waals surface area contributed by atoms with Crippen LogP contribution in [0.25, 0.3) is 0 Å². The minimum Gasteiger partial charge on any atom is -0.550 e. The summed E-state index contributed by atoms with van der Waals surface area (Å²) in [5, 5.41) is 28.8. The van der Waals surface area contributed by atoms with Gasteiger partial charge in [0.05, 0.1) is 0 Å². The molecule has 0 heterocycles. The summed E-state index contributed by atoms with van der Waals surface area (Å²) in [6.45, 7) is 1.38. The largest absolute Gasteiger partial charge is 0.550 e. The summed E-state index contributed by atoms with van der Waals surface area (Å²) in [6.07, 6.45) is 0. The Balaban J connectivity index is 3.15. The van der Waals surface area contributed by atoms with Crippen molar-refractivity contribution >= 4 is 5.97 Å². The van der Waals surface area contributed by atoms with Gasteiger partial charge in [-0.05, 0) is 6.07 Å². The number of carboxylic acid groups (broad SMARTS) is 1. The Morgan fingerprint density at radius 1 is 1.46 bits per heavy atom. The van der Waals surface area contributed by atoms with E-state index in [0.29, 0.717) is 0 Å². The van der Waals surface area contributed by atoms with E-state index in [0.717, 1.165) is 0 Å². The van der Waals surface area contributed by atoms with Crippen LogP contribution in [0.3, 0.4) is 0 Å². The minimum atomic E-state index is -1.29. The highest BCUT2D eigenvalue weighted by Crippen LogP contribution is 2.32. The van der Waals surface area contributed by atoms with Crippen LogP contribution >= 0.6 is 0 Å². The van der Waals surface area contributed by atoms with E-state index in [4.69, 9.17) is 5.11 Å². The van der Waals surface area contributed by atoms with Crippen LogP contribution in [0.2, 0.25) is 0 Å². The lowest BCUT2D eigenvalue weighted by Crippen LogP contribution is -2.27. The third kappa shape index (κ3) is 1.72. The van der Waals surface area contributed by atoms with Crippen molar-refractivity contribution in [2.75, 3.05) is 0 Å². The van der Waals surface area contributed by atoms with E-state index < -0.39 is 17.6 Å². The van der Waals surface area contributed by atoms with Gasteiger partial charge in [0.2, 0.25) is 0 Å². The Morgan fingerprint density at radius 3 is 2.62 bits per heavy atom. The lowest BCUT2D eigenvalue weighted by atomic mass is 10.0. The van der Waals surface area contributed by atoms with Gasteiger partial charge in [-0.25, -0.2) is 0 Å². The number of phenols is 2. The number of hydrogen-bond acceptors (Lipinski definition) is 4. The molecule has 1 unspecified atom stereocenters. The van der Waals surface area contributed by atoms with Gasteiger partial charge in [-0.2, -0.15) is 0 Å². The molecule has 2 N–H and O–H groups in total. The summed E-state index contributed by atoms with van der Waals surface area (Å²) in [6, 6.07) is 4.17. The molecule has 1 aromatic rings. The highest BCUT2D eigenvalue weighted by molar-refractivity contribution is 5.75. The van der Waals surface area contributed by atoms with Gasteiger partial charge in [-0.15, -0.1) is 0 Å². The van der Waals surface area contributed by atoms with Crippen molar-refractivity contribution in [3.05, 3.63) is 23.8 Å². The topological polar surface area (TPSA) is 80.6 Å². The van der Waals surface area contributed by atoms with Crippen molar-refractivity contribution in [2.24, 2.45) is 0 Å². The summed E-state index contributed by atoms with van der Waals surface area (Å²) in [5.74, 6) is -2.96. The van der Waals surface area contributed by atoms with Crippen LogP contribution in [-0.2, 0) is 4.79 Å². The first-order valence-electron chi connectivity index (χ1n) is 3.75. The maximum Gasteiger partial charge on any atom is 0.161 e. The Labute approximate surface area is 75.1 Å². The molecule has 0 aromatic heterocycles. The normalized spacial score (nSPS) is 12.4. The van der Waals surface area contributed by atoms with Crippen molar-refractivity contribution in [1.82, 2.24) is 0 Å². The predicted molar refractivity (Wildman–Crippen MR) is 43.2 cm³/mol. The van der Waals surface area contributed by atoms with Crippen LogP contribution in [0.5, 0.6) is 11.5 Å². The SMILES string of the molecule is CC(C(=O)[O-])c1cccc(O)c1O. The second-order valence-corrected chi connectivity index (χ2v) is 2.76. The zero-order valence-corrected chi connectivity index (χ0v) is 7.02. The fourth-order valence-electron chi connectivity index (χ4n) is 1.03. The predicted octanol–water partition coefficient (Wildman–Crippen LogP) is -0.0488. The van der Waals surface area contributed by atoms with Crippen LogP contribution in [0, 0.1) is 0 Å². The van der Waals surface area contributed by atoms with Crippen LogP contribution in [0.15, 0.2) is 18.2 Å². The van der Waals surface area contributed by atoms with E-state index >= 15 is 0 Å². The molecule has 0 aliphatic heterocycles. The number of aromatic hydroxyl groups is 2. The van der Waals surface area contributed by atoms with Crippen molar-refractivity contribution in [3.8, 4) is 11.5 Å². The number of carbonyl (C=O) groups is 1. The number of benzene rings is 1. The minimum absolute atomic E-state index is 0.153. The first-order chi connectivity index (χ1) is 6.04. The molecule has 1 rings (SSSR count). The molecule has 0 amide bonds. The Morgan fingerprint density at radius 2 is 2.08 bits per heavy atom. The first-order valence-corrected chi connectivity index (χ1v) is 3.75. The van der Waals surface area contributed by atoms with Gasteiger partial charge in [0.15, 0.2) is 11.5 Å². The van der Waals surface area contributed by atoms with Gasteiger partial charge in [-0.3, -0.25) is 0 Å². The number of para-hydroxylation sites is 1. The molecular formula is C9H9O4-. The smallest absolute Gasteiger partial charge is 0.161 e. The van der Waals surface area contributed by atoms with E-state index in [2.05, 4.69) is 0 Å². The van der Waals surface area contributed by atoms with Crippen molar-refractivity contribution < 1.29 is 20.1 Å². The maximum atomic E-state index is 10.5. The Hall–Kier alpha value is -1.71. The molecule has 0 saturated heterocycles. The number of phenolic OH excluding ortho intramolecular Hbond substituents is 2. The van der Waals surface area contributed by atoms with E-state index in [1.165, 1.54) is 25.1 Å². The summed E-state index contributed by atoms with van der Waals surface area (Å²) in [4.78, 5) is 10.5. The molecule has 0 fully saturated rings. The molecule has 0 bridgehead atoms. The molecule has 1 atom stereocenters. The second-order valence-electron chi connectivity index (χ2n) is 2.76. The molecule has 0 spiro atoms. The fraction of sp³-hybridized carbons (Fsp3) is 0.222. The molecule has 1 aromatic carbocycles. The summed E-state index contributed by atoms with van der Waals surface area (Å²) < 4.78 is 0. The molecule has 0 aliphatic rings. The van der Waals surface area contributed by atoms with Gasteiger partial charge < -0.3 is 20.1 Å². The van der Waals surface area contributed by atoms with Gasteiger partial charge in [0.1, 0.15) is 0 Å². The lowest BCUT2D eigenvalue weighted by Gasteiger charge is -2.14. The zero-order valence-electron chi connectivity index (χ0n) is 7.02. The third-order valence-corrected chi connectivity index (χ3v) is 1.87. The quantitative estimate of drug-likeness (QED) is 0.627. The molecular weight excluding hydrogens is 172 g/mol. The molecule has 0 aliphatic carbocycles. The zero-order chi connectivity index (χ0) is 10.0. The Bertz CT molecular complexity index is 332. The molecule has 0 saturated carbocycles. The van der Waals surface area contributed by atoms with Crippen LogP contribution < -0.4 is 5.11 Å². The van der Waals surface area contributed by atoms with Crippen LogP contribution in [0.4, 0.5) is 0 Å². The fourth-order valence-corrected chi connectivity index (χ4v) is 1.03. The number of rotatable bonds is 2. The number of aliphatic carboxylic acids is 1. The van der Waals surface area contributed by atoms with E-state index in [9.17, 15) is 15.0 Å². The summed E-state index contributed by atoms with van der Waals surface area (Å²) >= 11 is 0. The van der Waals surface area contributed by atoms with Gasteiger partial charge >= 0.3 is 0 Å². The third-order valence-electron chi connectivity index (χ3n) is 1.87. The summed E-state index contributed by atoms with van der Waals surface area (Å²) in [7, 11) is 0. The number of carbonyl (C=O) groups excluding carboxylic acids is 1. The second kappa shape index (κ2) is 3.35. The van der Waals surface area contributed by atoms with E-state index in [1.807, 2.05) is 0 Å². The average molecular weight is 181 g/mol. The summed E-state index contributed by atoms with van der Waals surface area (Å²) in [5.41, 5.74) is 0.153. The van der Waals surface area contributed by atoms with Crippen LogP contribution in [0.1, 0.15) is 18.4 Å². The lowest BCUT2D eigenvalue weighted by molar-refractivity contribution is -0.307. The monoisotopic (exact) mass is 181 g/mol. The van der Waals surface area contributed by atoms with Crippen molar-refractivity contribution in [1.29, 1.82) is 0 Å².